The van der Waals surface area contributed by atoms with Crippen LogP contribution in [0.1, 0.15) is 13.8 Å². The standard InChI is InChI=1S/C19H32FN5O.HI/c1-5-21-19(23-13-16-14-24(3)10-11-25(16)4)22-12-15(2)26-18-9-7-6-8-17(18)20;/h6-9,15-16H,5,10-14H2,1-4H3,(H2,21,22,23);1H. The summed E-state index contributed by atoms with van der Waals surface area (Å²) in [4.78, 5) is 9.31. The van der Waals surface area contributed by atoms with Crippen molar-refractivity contribution in [2.45, 2.75) is 26.0 Å². The van der Waals surface area contributed by atoms with Gasteiger partial charge >= 0.3 is 0 Å². The van der Waals surface area contributed by atoms with Gasteiger partial charge in [-0.3, -0.25) is 4.90 Å². The largest absolute Gasteiger partial charge is 0.486 e. The molecular weight excluding hydrogens is 460 g/mol. The fourth-order valence-electron chi connectivity index (χ4n) is 2.89. The maximum atomic E-state index is 13.7. The zero-order valence-corrected chi connectivity index (χ0v) is 19.1. The average molecular weight is 493 g/mol. The Kier molecular flexibility index (Phi) is 10.9. The number of hydrogen-bond donors (Lipinski definition) is 2. The molecule has 2 N–H and O–H groups in total. The fraction of sp³-hybridized carbons (Fsp3) is 0.632. The van der Waals surface area contributed by atoms with Crippen molar-refractivity contribution in [2.75, 3.05) is 53.4 Å². The molecule has 0 aromatic heterocycles. The van der Waals surface area contributed by atoms with Crippen LogP contribution in [0.25, 0.3) is 0 Å². The Hall–Kier alpha value is -1.13. The van der Waals surface area contributed by atoms with Crippen LogP contribution in [0.4, 0.5) is 4.39 Å². The first-order valence-corrected chi connectivity index (χ1v) is 9.31. The summed E-state index contributed by atoms with van der Waals surface area (Å²) in [5.74, 6) is 0.677. The molecule has 2 atom stereocenters. The number of piperazine rings is 1. The lowest BCUT2D eigenvalue weighted by Gasteiger charge is -2.37. The topological polar surface area (TPSA) is 52.1 Å². The third-order valence-corrected chi connectivity index (χ3v) is 4.50. The number of guanidine groups is 1. The van der Waals surface area contributed by atoms with E-state index < -0.39 is 0 Å². The highest BCUT2D eigenvalue weighted by Crippen LogP contribution is 2.17. The molecule has 1 fully saturated rings. The molecule has 1 aliphatic rings. The van der Waals surface area contributed by atoms with Crippen LogP contribution in [-0.4, -0.2) is 81.3 Å². The molecule has 1 aromatic carbocycles. The van der Waals surface area contributed by atoms with Gasteiger partial charge in [-0.15, -0.1) is 24.0 Å². The molecule has 0 spiro atoms. The van der Waals surface area contributed by atoms with Crippen LogP contribution in [0.2, 0.25) is 0 Å². The van der Waals surface area contributed by atoms with E-state index in [1.165, 1.54) is 6.07 Å². The number of rotatable bonds is 7. The summed E-state index contributed by atoms with van der Waals surface area (Å²) in [5, 5.41) is 6.67. The molecule has 1 aliphatic heterocycles. The predicted molar refractivity (Wildman–Crippen MR) is 120 cm³/mol. The van der Waals surface area contributed by atoms with Crippen LogP contribution < -0.4 is 15.4 Å². The van der Waals surface area contributed by atoms with Gasteiger partial charge in [0.25, 0.3) is 0 Å². The molecule has 8 heteroatoms. The van der Waals surface area contributed by atoms with Crippen molar-refractivity contribution in [1.82, 2.24) is 20.4 Å². The number of hydrogen-bond acceptors (Lipinski definition) is 4. The SMILES string of the molecule is CCNC(=NCC(C)Oc1ccccc1F)NCC1CN(C)CCN1C.I. The van der Waals surface area contributed by atoms with E-state index in [0.29, 0.717) is 12.6 Å². The van der Waals surface area contributed by atoms with Gasteiger partial charge in [0.05, 0.1) is 6.54 Å². The Bertz CT molecular complexity index is 589. The number of benzene rings is 1. The molecule has 6 nitrogen and oxygen atoms in total. The highest BCUT2D eigenvalue weighted by atomic mass is 127. The molecular formula is C19H33FIN5O. The molecule has 2 unspecified atom stereocenters. The van der Waals surface area contributed by atoms with Crippen molar-refractivity contribution < 1.29 is 9.13 Å². The molecule has 1 saturated heterocycles. The monoisotopic (exact) mass is 493 g/mol. The minimum Gasteiger partial charge on any atom is -0.486 e. The van der Waals surface area contributed by atoms with Crippen molar-refractivity contribution in [3.63, 3.8) is 0 Å². The van der Waals surface area contributed by atoms with Crippen molar-refractivity contribution in [3.8, 4) is 5.75 Å². The summed E-state index contributed by atoms with van der Waals surface area (Å²) in [5.41, 5.74) is 0. The number of aliphatic imine (C=N–C) groups is 1. The maximum absolute atomic E-state index is 13.7. The summed E-state index contributed by atoms with van der Waals surface area (Å²) in [6.45, 7) is 9.21. The molecule has 154 valence electrons. The van der Waals surface area contributed by atoms with E-state index in [2.05, 4.69) is 39.5 Å². The van der Waals surface area contributed by atoms with Crippen LogP contribution in [0.5, 0.6) is 5.75 Å². The molecule has 0 amide bonds. The van der Waals surface area contributed by atoms with E-state index in [9.17, 15) is 4.39 Å². The minimum atomic E-state index is -0.349. The van der Waals surface area contributed by atoms with Crippen LogP contribution >= 0.6 is 24.0 Å². The third kappa shape index (κ3) is 8.18. The van der Waals surface area contributed by atoms with Gasteiger partial charge in [-0.05, 0) is 40.1 Å². The Balaban J connectivity index is 0.00000364. The maximum Gasteiger partial charge on any atom is 0.191 e. The average Bonchev–Trinajstić information content (AvgIpc) is 2.62. The highest BCUT2D eigenvalue weighted by Gasteiger charge is 2.22. The van der Waals surface area contributed by atoms with Gasteiger partial charge in [0, 0.05) is 38.8 Å². The van der Waals surface area contributed by atoms with Gasteiger partial charge < -0.3 is 20.3 Å². The van der Waals surface area contributed by atoms with Gasteiger partial charge in [0.1, 0.15) is 6.10 Å². The Labute approximate surface area is 179 Å². The number of ether oxygens (including phenoxy) is 1. The molecule has 1 aromatic rings. The van der Waals surface area contributed by atoms with E-state index in [1.54, 1.807) is 18.2 Å². The number of nitrogens with one attached hydrogen (secondary N) is 2. The fourth-order valence-corrected chi connectivity index (χ4v) is 2.89. The Morgan fingerprint density at radius 1 is 1.30 bits per heavy atom. The smallest absolute Gasteiger partial charge is 0.191 e. The lowest BCUT2D eigenvalue weighted by molar-refractivity contribution is 0.116. The van der Waals surface area contributed by atoms with Gasteiger partial charge in [-0.2, -0.15) is 0 Å². The zero-order valence-electron chi connectivity index (χ0n) is 16.7. The van der Waals surface area contributed by atoms with E-state index in [4.69, 9.17) is 4.74 Å². The second kappa shape index (κ2) is 12.4. The van der Waals surface area contributed by atoms with Crippen LogP contribution in [0, 0.1) is 5.82 Å². The number of para-hydroxylation sites is 1. The van der Waals surface area contributed by atoms with Gasteiger partial charge in [-0.25, -0.2) is 9.38 Å². The summed E-state index contributed by atoms with van der Waals surface area (Å²) >= 11 is 0. The molecule has 0 aliphatic carbocycles. The van der Waals surface area contributed by atoms with Crippen molar-refractivity contribution in [2.24, 2.45) is 4.99 Å². The van der Waals surface area contributed by atoms with Crippen molar-refractivity contribution >= 4 is 29.9 Å². The number of halogens is 2. The van der Waals surface area contributed by atoms with E-state index in [-0.39, 0.29) is 41.6 Å². The van der Waals surface area contributed by atoms with Crippen LogP contribution in [-0.2, 0) is 0 Å². The summed E-state index contributed by atoms with van der Waals surface area (Å²) in [6, 6.07) is 6.89. The van der Waals surface area contributed by atoms with Gasteiger partial charge in [0.15, 0.2) is 17.5 Å². The predicted octanol–water partition coefficient (Wildman–Crippen LogP) is 2.01. The third-order valence-electron chi connectivity index (χ3n) is 4.50. The first kappa shape index (κ1) is 23.9. The quantitative estimate of drug-likeness (QED) is 0.346. The Morgan fingerprint density at radius 2 is 2.04 bits per heavy atom. The van der Waals surface area contributed by atoms with Crippen LogP contribution in [0.15, 0.2) is 29.3 Å². The summed E-state index contributed by atoms with van der Waals surface area (Å²) in [7, 11) is 4.31. The van der Waals surface area contributed by atoms with Gasteiger partial charge in [-0.1, -0.05) is 12.1 Å². The molecule has 0 radical (unpaired) electrons. The molecule has 0 bridgehead atoms. The lowest BCUT2D eigenvalue weighted by Crippen LogP contribution is -2.55. The van der Waals surface area contributed by atoms with E-state index in [0.717, 1.165) is 38.7 Å². The summed E-state index contributed by atoms with van der Waals surface area (Å²) < 4.78 is 19.3. The zero-order chi connectivity index (χ0) is 18.9. The first-order chi connectivity index (χ1) is 12.5. The van der Waals surface area contributed by atoms with Crippen molar-refractivity contribution in [3.05, 3.63) is 30.1 Å². The highest BCUT2D eigenvalue weighted by molar-refractivity contribution is 14.0. The van der Waals surface area contributed by atoms with E-state index in [1.807, 2.05) is 13.8 Å². The van der Waals surface area contributed by atoms with Gasteiger partial charge in [0.2, 0.25) is 0 Å². The van der Waals surface area contributed by atoms with Crippen molar-refractivity contribution in [1.29, 1.82) is 0 Å². The second-order valence-corrected chi connectivity index (χ2v) is 6.86. The molecule has 2 rings (SSSR count). The normalized spacial score (nSPS) is 19.9. The van der Waals surface area contributed by atoms with Crippen LogP contribution in [0.3, 0.4) is 0 Å². The second-order valence-electron chi connectivity index (χ2n) is 6.86. The molecule has 0 saturated carbocycles. The van der Waals surface area contributed by atoms with E-state index >= 15 is 0 Å². The molecule has 1 heterocycles. The Morgan fingerprint density at radius 3 is 2.74 bits per heavy atom. The first-order valence-electron chi connectivity index (χ1n) is 9.31. The lowest BCUT2D eigenvalue weighted by atomic mass is 10.2. The number of nitrogens with zero attached hydrogens (tertiary/aromatic N) is 3. The summed E-state index contributed by atoms with van der Waals surface area (Å²) in [6.07, 6.45) is -0.217. The molecule has 27 heavy (non-hydrogen) atoms. The minimum absolute atomic E-state index is 0. The number of likely N-dealkylation sites (N-methyl/N-ethyl adjacent to an activating group) is 2.